The fourth-order valence-electron chi connectivity index (χ4n) is 3.55. The smallest absolute Gasteiger partial charge is 0.237 e. The number of imidazole rings is 1. The van der Waals surface area contributed by atoms with Crippen molar-refractivity contribution >= 4 is 5.91 Å². The Morgan fingerprint density at radius 3 is 3.05 bits per heavy atom. The van der Waals surface area contributed by atoms with Gasteiger partial charge in [0.15, 0.2) is 0 Å². The molecule has 3 atom stereocenters. The Morgan fingerprint density at radius 1 is 1.30 bits per heavy atom. The highest BCUT2D eigenvalue weighted by atomic mass is 16.2. The molecule has 20 heavy (non-hydrogen) atoms. The Labute approximate surface area is 120 Å². The van der Waals surface area contributed by atoms with E-state index in [2.05, 4.69) is 15.6 Å². The number of nitrogens with zero attached hydrogens (tertiary/aromatic N) is 2. The summed E-state index contributed by atoms with van der Waals surface area (Å²) in [4.78, 5) is 16.2. The third kappa shape index (κ3) is 3.20. The summed E-state index contributed by atoms with van der Waals surface area (Å²) in [7, 11) is 0. The standard InChI is InChI=1S/C15H24N4O/c20-15(17-8-10-19-9-7-16-11-19)14-6-5-12-3-1-2-4-13(12)18-14/h7,9,11-14,18H,1-6,8,10H2,(H,17,20). The molecule has 0 spiro atoms. The molecule has 1 saturated heterocycles. The Balaban J connectivity index is 1.43. The number of rotatable bonds is 4. The predicted octanol–water partition coefficient (Wildman–Crippen LogP) is 1.31. The number of aromatic nitrogens is 2. The van der Waals surface area contributed by atoms with Crippen molar-refractivity contribution in [2.24, 2.45) is 5.92 Å². The molecule has 3 rings (SSSR count). The van der Waals surface area contributed by atoms with E-state index in [0.717, 1.165) is 18.9 Å². The summed E-state index contributed by atoms with van der Waals surface area (Å²) in [6.45, 7) is 1.45. The van der Waals surface area contributed by atoms with E-state index in [1.165, 1.54) is 32.1 Å². The minimum Gasteiger partial charge on any atom is -0.353 e. The molecule has 0 bridgehead atoms. The van der Waals surface area contributed by atoms with E-state index in [9.17, 15) is 4.79 Å². The van der Waals surface area contributed by atoms with Gasteiger partial charge in [-0.3, -0.25) is 4.79 Å². The maximum Gasteiger partial charge on any atom is 0.237 e. The van der Waals surface area contributed by atoms with Crippen LogP contribution in [0.3, 0.4) is 0 Å². The van der Waals surface area contributed by atoms with Crippen LogP contribution in [-0.4, -0.2) is 34.1 Å². The van der Waals surface area contributed by atoms with E-state index in [4.69, 9.17) is 0 Å². The first-order valence-electron chi connectivity index (χ1n) is 7.82. The Hall–Kier alpha value is -1.36. The Bertz CT molecular complexity index is 431. The molecule has 1 amide bonds. The molecule has 0 radical (unpaired) electrons. The Kier molecular flexibility index (Phi) is 4.35. The van der Waals surface area contributed by atoms with E-state index < -0.39 is 0 Å². The van der Waals surface area contributed by atoms with Gasteiger partial charge in [-0.05, 0) is 31.6 Å². The highest BCUT2D eigenvalue weighted by Crippen LogP contribution is 2.32. The van der Waals surface area contributed by atoms with Gasteiger partial charge in [0.1, 0.15) is 0 Å². The molecule has 2 fully saturated rings. The largest absolute Gasteiger partial charge is 0.353 e. The minimum atomic E-state index is 0.0112. The third-order valence-electron chi connectivity index (χ3n) is 4.70. The van der Waals surface area contributed by atoms with E-state index >= 15 is 0 Å². The van der Waals surface area contributed by atoms with Gasteiger partial charge in [-0.15, -0.1) is 0 Å². The van der Waals surface area contributed by atoms with E-state index in [0.29, 0.717) is 12.6 Å². The molecule has 110 valence electrons. The summed E-state index contributed by atoms with van der Waals surface area (Å²) >= 11 is 0. The summed E-state index contributed by atoms with van der Waals surface area (Å²) in [6.07, 6.45) is 12.9. The molecule has 0 aromatic carbocycles. The maximum absolute atomic E-state index is 12.2. The van der Waals surface area contributed by atoms with Gasteiger partial charge >= 0.3 is 0 Å². The van der Waals surface area contributed by atoms with E-state index in [1.54, 1.807) is 12.5 Å². The molecule has 1 saturated carbocycles. The molecule has 2 aliphatic rings. The van der Waals surface area contributed by atoms with Gasteiger partial charge in [0.2, 0.25) is 5.91 Å². The molecular weight excluding hydrogens is 252 g/mol. The molecule has 3 unspecified atom stereocenters. The first-order valence-corrected chi connectivity index (χ1v) is 7.82. The molecule has 1 aliphatic carbocycles. The number of nitrogens with one attached hydrogen (secondary N) is 2. The zero-order chi connectivity index (χ0) is 13.8. The van der Waals surface area contributed by atoms with Gasteiger partial charge < -0.3 is 15.2 Å². The van der Waals surface area contributed by atoms with Crippen LogP contribution >= 0.6 is 0 Å². The summed E-state index contributed by atoms with van der Waals surface area (Å²) in [5.74, 6) is 0.966. The van der Waals surface area contributed by atoms with Crippen molar-refractivity contribution in [3.63, 3.8) is 0 Å². The molecule has 2 heterocycles. The molecule has 2 N–H and O–H groups in total. The number of hydrogen-bond donors (Lipinski definition) is 2. The fraction of sp³-hybridized carbons (Fsp3) is 0.733. The number of amides is 1. The average Bonchev–Trinajstić information content (AvgIpc) is 3.00. The van der Waals surface area contributed by atoms with Crippen LogP contribution in [0.25, 0.3) is 0 Å². The lowest BCUT2D eigenvalue weighted by molar-refractivity contribution is -0.124. The Morgan fingerprint density at radius 2 is 2.20 bits per heavy atom. The first kappa shape index (κ1) is 13.6. The van der Waals surface area contributed by atoms with Crippen LogP contribution in [0.1, 0.15) is 38.5 Å². The molecule has 5 heteroatoms. The van der Waals surface area contributed by atoms with Crippen molar-refractivity contribution in [3.8, 4) is 0 Å². The second-order valence-electron chi connectivity index (χ2n) is 6.04. The summed E-state index contributed by atoms with van der Waals surface area (Å²) in [5, 5.41) is 6.60. The number of carbonyl (C=O) groups is 1. The molecule has 1 aromatic heterocycles. The normalized spacial score (nSPS) is 29.7. The zero-order valence-electron chi connectivity index (χ0n) is 11.9. The van der Waals surface area contributed by atoms with Crippen LogP contribution < -0.4 is 10.6 Å². The number of piperidine rings is 1. The van der Waals surface area contributed by atoms with Crippen molar-refractivity contribution in [3.05, 3.63) is 18.7 Å². The van der Waals surface area contributed by atoms with Crippen molar-refractivity contribution in [2.45, 2.75) is 57.2 Å². The van der Waals surface area contributed by atoms with Crippen molar-refractivity contribution in [2.75, 3.05) is 6.54 Å². The second kappa shape index (κ2) is 6.39. The lowest BCUT2D eigenvalue weighted by Crippen LogP contribution is -2.55. The van der Waals surface area contributed by atoms with Crippen LogP contribution in [0.5, 0.6) is 0 Å². The first-order chi connectivity index (χ1) is 9.83. The number of fused-ring (bicyclic) bond motifs is 1. The summed E-state index contributed by atoms with van der Waals surface area (Å²) in [6, 6.07) is 0.582. The highest BCUT2D eigenvalue weighted by Gasteiger charge is 2.34. The number of carbonyl (C=O) groups excluding carboxylic acids is 1. The predicted molar refractivity (Wildman–Crippen MR) is 77.1 cm³/mol. The monoisotopic (exact) mass is 276 g/mol. The van der Waals surface area contributed by atoms with Crippen LogP contribution in [0, 0.1) is 5.92 Å². The molecule has 5 nitrogen and oxygen atoms in total. The van der Waals surface area contributed by atoms with Gasteiger partial charge in [0.25, 0.3) is 0 Å². The minimum absolute atomic E-state index is 0.0112. The average molecular weight is 276 g/mol. The molecule has 1 aromatic rings. The molecular formula is C15H24N4O. The zero-order valence-corrected chi connectivity index (χ0v) is 11.9. The quantitative estimate of drug-likeness (QED) is 0.872. The van der Waals surface area contributed by atoms with Crippen molar-refractivity contribution in [1.29, 1.82) is 0 Å². The number of hydrogen-bond acceptors (Lipinski definition) is 3. The third-order valence-corrected chi connectivity index (χ3v) is 4.70. The summed E-state index contributed by atoms with van der Waals surface area (Å²) in [5.41, 5.74) is 0. The van der Waals surface area contributed by atoms with E-state index in [1.807, 2.05) is 10.8 Å². The van der Waals surface area contributed by atoms with Gasteiger partial charge in [-0.25, -0.2) is 4.98 Å². The topological polar surface area (TPSA) is 59.0 Å². The summed E-state index contributed by atoms with van der Waals surface area (Å²) < 4.78 is 1.98. The lowest BCUT2D eigenvalue weighted by Gasteiger charge is -2.39. The van der Waals surface area contributed by atoms with Crippen molar-refractivity contribution < 1.29 is 4.79 Å². The van der Waals surface area contributed by atoms with Crippen LogP contribution in [0.15, 0.2) is 18.7 Å². The van der Waals surface area contributed by atoms with Crippen LogP contribution in [-0.2, 0) is 11.3 Å². The van der Waals surface area contributed by atoms with Crippen molar-refractivity contribution in [1.82, 2.24) is 20.2 Å². The lowest BCUT2D eigenvalue weighted by atomic mass is 9.77. The van der Waals surface area contributed by atoms with Gasteiger partial charge in [-0.1, -0.05) is 12.8 Å². The fourth-order valence-corrected chi connectivity index (χ4v) is 3.55. The van der Waals surface area contributed by atoms with Gasteiger partial charge in [-0.2, -0.15) is 0 Å². The second-order valence-corrected chi connectivity index (χ2v) is 6.04. The SMILES string of the molecule is O=C(NCCn1ccnc1)C1CCC2CCCCC2N1. The molecule has 1 aliphatic heterocycles. The van der Waals surface area contributed by atoms with Crippen LogP contribution in [0.4, 0.5) is 0 Å². The van der Waals surface area contributed by atoms with Gasteiger partial charge in [0.05, 0.1) is 12.4 Å². The maximum atomic E-state index is 12.2. The van der Waals surface area contributed by atoms with Gasteiger partial charge in [0, 0.05) is 31.5 Å². The highest BCUT2D eigenvalue weighted by molar-refractivity contribution is 5.81. The van der Waals surface area contributed by atoms with Crippen LogP contribution in [0.2, 0.25) is 0 Å². The van der Waals surface area contributed by atoms with E-state index in [-0.39, 0.29) is 11.9 Å².